The Balaban J connectivity index is 2.13. The van der Waals surface area contributed by atoms with Crippen molar-refractivity contribution in [1.82, 2.24) is 20.1 Å². The van der Waals surface area contributed by atoms with Crippen LogP contribution in [0.25, 0.3) is 11.4 Å². The lowest BCUT2D eigenvalue weighted by molar-refractivity contribution is -0.121. The number of nitrogens with one attached hydrogen (secondary N) is 1. The van der Waals surface area contributed by atoms with E-state index in [0.29, 0.717) is 11.0 Å². The number of aromatic nitrogens is 3. The normalized spacial score (nSPS) is 14.5. The maximum atomic E-state index is 13.1. The number of nitriles is 1. The third-order valence-electron chi connectivity index (χ3n) is 4.36. The van der Waals surface area contributed by atoms with Crippen molar-refractivity contribution in [3.63, 3.8) is 0 Å². The van der Waals surface area contributed by atoms with E-state index in [1.165, 1.54) is 23.9 Å². The summed E-state index contributed by atoms with van der Waals surface area (Å²) in [4.78, 5) is 12.5. The molecular formula is C18H22FN5OS. The molecule has 2 atom stereocenters. The number of hydrogen-bond acceptors (Lipinski definition) is 5. The van der Waals surface area contributed by atoms with Crippen LogP contribution in [0.5, 0.6) is 0 Å². The molecule has 6 nitrogen and oxygen atoms in total. The molecule has 138 valence electrons. The van der Waals surface area contributed by atoms with Gasteiger partial charge in [-0.1, -0.05) is 25.6 Å². The summed E-state index contributed by atoms with van der Waals surface area (Å²) in [5, 5.41) is 20.5. The molecule has 0 aliphatic heterocycles. The average molecular weight is 375 g/mol. The van der Waals surface area contributed by atoms with Crippen LogP contribution in [-0.4, -0.2) is 31.5 Å². The van der Waals surface area contributed by atoms with Crippen molar-refractivity contribution in [3.8, 4) is 17.5 Å². The summed E-state index contributed by atoms with van der Waals surface area (Å²) in [6.07, 6.45) is 0. The van der Waals surface area contributed by atoms with Crippen LogP contribution >= 0.6 is 11.8 Å². The van der Waals surface area contributed by atoms with Crippen LogP contribution in [0, 0.1) is 23.1 Å². The maximum Gasteiger partial charge on any atom is 0.234 e. The van der Waals surface area contributed by atoms with Crippen LogP contribution in [0.3, 0.4) is 0 Å². The number of halogens is 1. The topological polar surface area (TPSA) is 83.6 Å². The molecule has 1 N–H and O–H groups in total. The van der Waals surface area contributed by atoms with Gasteiger partial charge in [0.05, 0.1) is 11.3 Å². The molecule has 0 saturated carbocycles. The molecule has 0 unspecified atom stereocenters. The first kappa shape index (κ1) is 19.9. The second-order valence-electron chi connectivity index (χ2n) is 6.59. The van der Waals surface area contributed by atoms with Crippen LogP contribution in [0.2, 0.25) is 0 Å². The number of carbonyl (C=O) groups is 1. The van der Waals surface area contributed by atoms with Crippen molar-refractivity contribution < 1.29 is 9.18 Å². The minimum absolute atomic E-state index is 0.0199. The van der Waals surface area contributed by atoms with Crippen LogP contribution in [0.4, 0.5) is 4.39 Å². The average Bonchev–Trinajstić information content (AvgIpc) is 2.96. The Kier molecular flexibility index (Phi) is 6.03. The number of benzene rings is 1. The van der Waals surface area contributed by atoms with E-state index in [4.69, 9.17) is 0 Å². The summed E-state index contributed by atoms with van der Waals surface area (Å²) in [6, 6.07) is 8.15. The first-order chi connectivity index (χ1) is 12.2. The van der Waals surface area contributed by atoms with Crippen LogP contribution in [0.1, 0.15) is 27.7 Å². The first-order valence-electron chi connectivity index (χ1n) is 8.23. The summed E-state index contributed by atoms with van der Waals surface area (Å²) in [6.45, 7) is 7.24. The van der Waals surface area contributed by atoms with Gasteiger partial charge in [0.15, 0.2) is 11.0 Å². The van der Waals surface area contributed by atoms with Crippen LogP contribution in [0.15, 0.2) is 29.4 Å². The number of hydrogen-bond donors (Lipinski definition) is 1. The highest BCUT2D eigenvalue weighted by Gasteiger charge is 2.32. The zero-order valence-corrected chi connectivity index (χ0v) is 16.3. The molecule has 26 heavy (non-hydrogen) atoms. The van der Waals surface area contributed by atoms with Crippen molar-refractivity contribution in [2.24, 2.45) is 13.0 Å². The zero-order valence-electron chi connectivity index (χ0n) is 15.4. The largest absolute Gasteiger partial charge is 0.337 e. The number of carbonyl (C=O) groups excluding carboxylic acids is 1. The SMILES string of the molecule is CC(C)[C@](C)(C#N)NC(=O)[C@@H](C)Sc1nnc(-c2ccc(F)cc2)n1C. The van der Waals surface area contributed by atoms with Gasteiger partial charge in [0.1, 0.15) is 11.4 Å². The monoisotopic (exact) mass is 375 g/mol. The Labute approximate surface area is 156 Å². The number of thioether (sulfide) groups is 1. The molecule has 0 bridgehead atoms. The van der Waals surface area contributed by atoms with Gasteiger partial charge in [0.2, 0.25) is 5.91 Å². The molecule has 0 spiro atoms. The van der Waals surface area contributed by atoms with E-state index in [0.717, 1.165) is 5.56 Å². The maximum absolute atomic E-state index is 13.1. The molecule has 0 radical (unpaired) electrons. The van der Waals surface area contributed by atoms with Crippen molar-refractivity contribution in [2.45, 2.75) is 43.6 Å². The van der Waals surface area contributed by atoms with Gasteiger partial charge in [-0.2, -0.15) is 5.26 Å². The lowest BCUT2D eigenvalue weighted by Crippen LogP contribution is -2.51. The lowest BCUT2D eigenvalue weighted by Gasteiger charge is -2.28. The third-order valence-corrected chi connectivity index (χ3v) is 5.49. The standard InChI is InChI=1S/C18H22FN5OS/c1-11(2)18(4,10-20)21-16(25)12(3)26-17-23-22-15(24(17)5)13-6-8-14(19)9-7-13/h6-9,11-12H,1-5H3,(H,21,25)/t12-,18+/m1/s1. The third kappa shape index (κ3) is 4.22. The molecule has 1 aromatic carbocycles. The van der Waals surface area contributed by atoms with E-state index in [9.17, 15) is 14.4 Å². The highest BCUT2D eigenvalue weighted by molar-refractivity contribution is 8.00. The van der Waals surface area contributed by atoms with Gasteiger partial charge in [-0.15, -0.1) is 10.2 Å². The minimum Gasteiger partial charge on any atom is -0.337 e. The summed E-state index contributed by atoms with van der Waals surface area (Å²) in [7, 11) is 1.79. The van der Waals surface area contributed by atoms with Crippen LogP contribution < -0.4 is 5.32 Å². The highest BCUT2D eigenvalue weighted by Crippen LogP contribution is 2.26. The molecule has 0 aliphatic rings. The molecule has 1 heterocycles. The quantitative estimate of drug-likeness (QED) is 0.784. The second kappa shape index (κ2) is 7.87. The van der Waals surface area contributed by atoms with Crippen molar-refractivity contribution in [2.75, 3.05) is 0 Å². The van der Waals surface area contributed by atoms with Gasteiger partial charge in [0, 0.05) is 12.6 Å². The molecule has 8 heteroatoms. The van der Waals surface area contributed by atoms with Gasteiger partial charge < -0.3 is 9.88 Å². The number of nitrogens with zero attached hydrogens (tertiary/aromatic N) is 4. The molecule has 2 aromatic rings. The molecule has 1 aromatic heterocycles. The fraction of sp³-hybridized carbons (Fsp3) is 0.444. The van der Waals surface area contributed by atoms with Crippen molar-refractivity contribution in [1.29, 1.82) is 5.26 Å². The zero-order chi connectivity index (χ0) is 19.5. The van der Waals surface area contributed by atoms with Crippen LogP contribution in [-0.2, 0) is 11.8 Å². The minimum atomic E-state index is -0.926. The van der Waals surface area contributed by atoms with E-state index < -0.39 is 10.8 Å². The Morgan fingerprint density at radius 1 is 1.31 bits per heavy atom. The number of rotatable bonds is 6. The van der Waals surface area contributed by atoms with Crippen molar-refractivity contribution in [3.05, 3.63) is 30.1 Å². The van der Waals surface area contributed by atoms with Gasteiger partial charge >= 0.3 is 0 Å². The fourth-order valence-electron chi connectivity index (χ4n) is 2.14. The molecule has 0 fully saturated rings. The smallest absolute Gasteiger partial charge is 0.234 e. The summed E-state index contributed by atoms with van der Waals surface area (Å²) >= 11 is 1.25. The van der Waals surface area contributed by atoms with E-state index >= 15 is 0 Å². The van der Waals surface area contributed by atoms with Gasteiger partial charge in [-0.05, 0) is 44.0 Å². The van der Waals surface area contributed by atoms with E-state index in [-0.39, 0.29) is 17.6 Å². The Morgan fingerprint density at radius 3 is 2.46 bits per heavy atom. The van der Waals surface area contributed by atoms with E-state index in [1.54, 1.807) is 37.6 Å². The van der Waals surface area contributed by atoms with Gasteiger partial charge in [-0.25, -0.2) is 4.39 Å². The van der Waals surface area contributed by atoms with Gasteiger partial charge in [0.25, 0.3) is 0 Å². The summed E-state index contributed by atoms with van der Waals surface area (Å²) < 4.78 is 14.8. The molecule has 2 rings (SSSR count). The summed E-state index contributed by atoms with van der Waals surface area (Å²) in [5.41, 5.74) is -0.187. The predicted molar refractivity (Wildman–Crippen MR) is 98.7 cm³/mol. The predicted octanol–water partition coefficient (Wildman–Crippen LogP) is 3.16. The molecule has 1 amide bonds. The Bertz CT molecular complexity index is 827. The Hall–Kier alpha value is -2.40. The van der Waals surface area contributed by atoms with E-state index in [1.807, 2.05) is 13.8 Å². The Morgan fingerprint density at radius 2 is 1.92 bits per heavy atom. The molecular weight excluding hydrogens is 353 g/mol. The lowest BCUT2D eigenvalue weighted by atomic mass is 9.90. The summed E-state index contributed by atoms with van der Waals surface area (Å²) in [5.74, 6) is 0.0123. The van der Waals surface area contributed by atoms with Gasteiger partial charge in [-0.3, -0.25) is 4.79 Å². The first-order valence-corrected chi connectivity index (χ1v) is 9.11. The molecule has 0 saturated heterocycles. The fourth-order valence-corrected chi connectivity index (χ4v) is 2.95. The van der Waals surface area contributed by atoms with Crippen molar-refractivity contribution >= 4 is 17.7 Å². The number of amides is 1. The molecule has 0 aliphatic carbocycles. The second-order valence-corrected chi connectivity index (χ2v) is 7.90. The van der Waals surface area contributed by atoms with E-state index in [2.05, 4.69) is 21.6 Å². The highest BCUT2D eigenvalue weighted by atomic mass is 32.2.